The third-order valence-electron chi connectivity index (χ3n) is 4.28. The van der Waals surface area contributed by atoms with Crippen molar-refractivity contribution in [3.8, 4) is 0 Å². The number of carboxylic acid groups (broad SMARTS) is 2. The molecule has 0 aromatic heterocycles. The molecule has 1 aliphatic carbocycles. The minimum absolute atomic E-state index is 0.0161. The minimum atomic E-state index is -1.14. The van der Waals surface area contributed by atoms with Crippen molar-refractivity contribution in [2.75, 3.05) is 13.1 Å². The van der Waals surface area contributed by atoms with Gasteiger partial charge >= 0.3 is 11.9 Å². The van der Waals surface area contributed by atoms with Gasteiger partial charge in [-0.2, -0.15) is 0 Å². The van der Waals surface area contributed by atoms with E-state index in [1.807, 2.05) is 6.92 Å². The van der Waals surface area contributed by atoms with Crippen LogP contribution in [-0.4, -0.2) is 46.0 Å². The second kappa shape index (κ2) is 5.19. The quantitative estimate of drug-likeness (QED) is 0.782. The van der Waals surface area contributed by atoms with Crippen molar-refractivity contribution in [1.29, 1.82) is 0 Å². The summed E-state index contributed by atoms with van der Waals surface area (Å²) >= 11 is 0. The van der Waals surface area contributed by atoms with Gasteiger partial charge in [0.1, 0.15) is 0 Å². The highest BCUT2D eigenvalue weighted by Crippen LogP contribution is 2.38. The second-order valence-corrected chi connectivity index (χ2v) is 5.59. The Morgan fingerprint density at radius 2 is 1.63 bits per heavy atom. The predicted octanol–water partition coefficient (Wildman–Crippen LogP) is 0.666. The molecule has 1 saturated carbocycles. The van der Waals surface area contributed by atoms with E-state index in [9.17, 15) is 14.4 Å². The van der Waals surface area contributed by atoms with E-state index in [0.717, 1.165) is 12.8 Å². The summed E-state index contributed by atoms with van der Waals surface area (Å²) in [6, 6.07) is 0. The molecule has 2 fully saturated rings. The van der Waals surface area contributed by atoms with Crippen LogP contribution < -0.4 is 0 Å². The average molecular weight is 269 g/mol. The van der Waals surface area contributed by atoms with Crippen molar-refractivity contribution in [3.63, 3.8) is 0 Å². The van der Waals surface area contributed by atoms with Gasteiger partial charge in [0.25, 0.3) is 0 Å². The normalized spacial score (nSPS) is 28.8. The number of amides is 1. The van der Waals surface area contributed by atoms with Crippen LogP contribution in [0.25, 0.3) is 0 Å². The number of piperidine rings is 1. The summed E-state index contributed by atoms with van der Waals surface area (Å²) in [6.07, 6.45) is 2.33. The largest absolute Gasteiger partial charge is 0.481 e. The topological polar surface area (TPSA) is 94.9 Å². The van der Waals surface area contributed by atoms with Gasteiger partial charge in [-0.3, -0.25) is 14.4 Å². The van der Waals surface area contributed by atoms with Crippen LogP contribution in [0.5, 0.6) is 0 Å². The van der Waals surface area contributed by atoms with E-state index in [4.69, 9.17) is 10.2 Å². The Kier molecular flexibility index (Phi) is 3.78. The molecule has 19 heavy (non-hydrogen) atoms. The number of nitrogens with zero attached hydrogens (tertiary/aromatic N) is 1. The summed E-state index contributed by atoms with van der Waals surface area (Å²) < 4.78 is 0. The highest BCUT2D eigenvalue weighted by molar-refractivity contribution is 5.83. The minimum Gasteiger partial charge on any atom is -0.481 e. The van der Waals surface area contributed by atoms with E-state index < -0.39 is 23.8 Å². The summed E-state index contributed by atoms with van der Waals surface area (Å²) in [7, 11) is 0. The average Bonchev–Trinajstić information content (AvgIpc) is 3.20. The second-order valence-electron chi connectivity index (χ2n) is 5.59. The first-order valence-electron chi connectivity index (χ1n) is 6.66. The number of hydrogen-bond donors (Lipinski definition) is 2. The molecule has 0 bridgehead atoms. The first-order valence-corrected chi connectivity index (χ1v) is 6.66. The molecular formula is C13H19NO5. The van der Waals surface area contributed by atoms with E-state index in [0.29, 0.717) is 12.5 Å². The third-order valence-corrected chi connectivity index (χ3v) is 4.28. The molecule has 0 radical (unpaired) electrons. The SMILES string of the molecule is CC(C(=O)N1CCC(C(=O)O)C(C(=O)O)C1)C1CC1. The molecule has 1 heterocycles. The molecule has 0 spiro atoms. The van der Waals surface area contributed by atoms with Gasteiger partial charge in [0.15, 0.2) is 0 Å². The molecule has 106 valence electrons. The van der Waals surface area contributed by atoms with Crippen LogP contribution in [-0.2, 0) is 14.4 Å². The number of carbonyl (C=O) groups excluding carboxylic acids is 1. The van der Waals surface area contributed by atoms with E-state index in [-0.39, 0.29) is 24.8 Å². The molecule has 6 nitrogen and oxygen atoms in total. The van der Waals surface area contributed by atoms with Gasteiger partial charge in [0.05, 0.1) is 11.8 Å². The lowest BCUT2D eigenvalue weighted by Gasteiger charge is -2.36. The number of carbonyl (C=O) groups is 3. The highest BCUT2D eigenvalue weighted by atomic mass is 16.4. The maximum atomic E-state index is 12.2. The van der Waals surface area contributed by atoms with Crippen LogP contribution in [0.4, 0.5) is 0 Å². The number of aliphatic carboxylic acids is 2. The molecule has 1 aliphatic heterocycles. The van der Waals surface area contributed by atoms with Gasteiger partial charge in [-0.05, 0) is 25.2 Å². The van der Waals surface area contributed by atoms with Crippen LogP contribution in [0.15, 0.2) is 0 Å². The van der Waals surface area contributed by atoms with E-state index in [2.05, 4.69) is 0 Å². The molecule has 2 N–H and O–H groups in total. The Hall–Kier alpha value is -1.59. The van der Waals surface area contributed by atoms with Crippen molar-refractivity contribution in [1.82, 2.24) is 4.90 Å². The van der Waals surface area contributed by atoms with Gasteiger partial charge in [0.2, 0.25) is 5.91 Å². The Morgan fingerprint density at radius 3 is 2.11 bits per heavy atom. The first-order chi connectivity index (χ1) is 8.91. The molecule has 2 aliphatic rings. The summed E-state index contributed by atoms with van der Waals surface area (Å²) in [5.74, 6) is -3.79. The number of carboxylic acids is 2. The Labute approximate surface area is 111 Å². The summed E-state index contributed by atoms with van der Waals surface area (Å²) in [5.41, 5.74) is 0. The standard InChI is InChI=1S/C13H19NO5/c1-7(8-2-3-8)11(15)14-5-4-9(12(16)17)10(6-14)13(18)19/h7-10H,2-6H2,1H3,(H,16,17)(H,18,19). The number of rotatable bonds is 4. The molecule has 1 saturated heterocycles. The molecular weight excluding hydrogens is 250 g/mol. The van der Waals surface area contributed by atoms with Crippen molar-refractivity contribution in [3.05, 3.63) is 0 Å². The van der Waals surface area contributed by atoms with Crippen LogP contribution in [0.2, 0.25) is 0 Å². The molecule has 2 rings (SSSR count). The Balaban J connectivity index is 2.03. The lowest BCUT2D eigenvalue weighted by molar-refractivity contribution is -0.159. The Morgan fingerprint density at radius 1 is 1.05 bits per heavy atom. The fourth-order valence-corrected chi connectivity index (χ4v) is 2.78. The van der Waals surface area contributed by atoms with Crippen molar-refractivity contribution >= 4 is 17.8 Å². The highest BCUT2D eigenvalue weighted by Gasteiger charge is 2.42. The summed E-state index contributed by atoms with van der Waals surface area (Å²) in [6.45, 7) is 2.23. The summed E-state index contributed by atoms with van der Waals surface area (Å²) in [5, 5.41) is 18.1. The van der Waals surface area contributed by atoms with Gasteiger partial charge in [0, 0.05) is 19.0 Å². The van der Waals surface area contributed by atoms with Gasteiger partial charge in [-0.15, -0.1) is 0 Å². The van der Waals surface area contributed by atoms with Crippen LogP contribution in [0, 0.1) is 23.7 Å². The lowest BCUT2D eigenvalue weighted by atomic mass is 9.85. The van der Waals surface area contributed by atoms with Crippen molar-refractivity contribution < 1.29 is 24.6 Å². The van der Waals surface area contributed by atoms with Crippen molar-refractivity contribution in [2.45, 2.75) is 26.2 Å². The lowest BCUT2D eigenvalue weighted by Crippen LogP contribution is -2.50. The third kappa shape index (κ3) is 2.88. The van der Waals surface area contributed by atoms with E-state index in [1.165, 1.54) is 4.90 Å². The zero-order chi connectivity index (χ0) is 14.2. The maximum absolute atomic E-state index is 12.2. The number of likely N-dealkylation sites (tertiary alicyclic amines) is 1. The van der Waals surface area contributed by atoms with Crippen LogP contribution in [0.3, 0.4) is 0 Å². The molecule has 1 amide bonds. The van der Waals surface area contributed by atoms with Crippen LogP contribution in [0.1, 0.15) is 26.2 Å². The molecule has 0 aromatic carbocycles. The monoisotopic (exact) mass is 269 g/mol. The Bertz CT molecular complexity index is 404. The van der Waals surface area contributed by atoms with Crippen molar-refractivity contribution in [2.24, 2.45) is 23.7 Å². The fourth-order valence-electron chi connectivity index (χ4n) is 2.78. The predicted molar refractivity (Wildman–Crippen MR) is 65.3 cm³/mol. The fraction of sp³-hybridized carbons (Fsp3) is 0.769. The summed E-state index contributed by atoms with van der Waals surface area (Å²) in [4.78, 5) is 35.9. The molecule has 0 aromatic rings. The van der Waals surface area contributed by atoms with Gasteiger partial charge in [-0.1, -0.05) is 6.92 Å². The van der Waals surface area contributed by atoms with Crippen LogP contribution >= 0.6 is 0 Å². The molecule has 6 heteroatoms. The number of hydrogen-bond acceptors (Lipinski definition) is 3. The van der Waals surface area contributed by atoms with Gasteiger partial charge in [-0.25, -0.2) is 0 Å². The van der Waals surface area contributed by atoms with Gasteiger partial charge < -0.3 is 15.1 Å². The van der Waals surface area contributed by atoms with E-state index in [1.54, 1.807) is 0 Å². The van der Waals surface area contributed by atoms with E-state index >= 15 is 0 Å². The zero-order valence-corrected chi connectivity index (χ0v) is 10.9. The first kappa shape index (κ1) is 13.8. The molecule has 3 atom stereocenters. The molecule has 3 unspecified atom stereocenters. The maximum Gasteiger partial charge on any atom is 0.309 e. The smallest absolute Gasteiger partial charge is 0.309 e. The zero-order valence-electron chi connectivity index (χ0n) is 10.9.